The molecule has 2 aromatic rings. The van der Waals surface area contributed by atoms with E-state index >= 15 is 0 Å². The number of halogens is 3. The highest BCUT2D eigenvalue weighted by Crippen LogP contribution is 2.41. The zero-order valence-electron chi connectivity index (χ0n) is 14.3. The highest BCUT2D eigenvalue weighted by molar-refractivity contribution is 5.73. The smallest absolute Gasteiger partial charge is 0.394 e. The summed E-state index contributed by atoms with van der Waals surface area (Å²) in [7, 11) is 0. The van der Waals surface area contributed by atoms with E-state index in [1.807, 2.05) is 0 Å². The SMILES string of the molecule is O=C(O)[C@@H]1CN(c2nc(-c3cccnc3)nc3c2CCC3)C[C@H]1C(F)(F)F. The Morgan fingerprint density at radius 1 is 1.22 bits per heavy atom. The summed E-state index contributed by atoms with van der Waals surface area (Å²) in [6.45, 7) is -0.619. The minimum absolute atomic E-state index is 0.213. The number of aliphatic carboxylic acids is 1. The first-order valence-electron chi connectivity index (χ1n) is 8.69. The third-order valence-electron chi connectivity index (χ3n) is 5.19. The summed E-state index contributed by atoms with van der Waals surface area (Å²) >= 11 is 0. The molecule has 142 valence electrons. The van der Waals surface area contributed by atoms with Gasteiger partial charge in [-0.2, -0.15) is 13.2 Å². The Morgan fingerprint density at radius 3 is 2.67 bits per heavy atom. The summed E-state index contributed by atoms with van der Waals surface area (Å²) in [5.74, 6) is -4.02. The zero-order chi connectivity index (χ0) is 19.2. The van der Waals surface area contributed by atoms with Crippen molar-refractivity contribution in [1.82, 2.24) is 15.0 Å². The number of hydrogen-bond acceptors (Lipinski definition) is 5. The number of hydrogen-bond donors (Lipinski definition) is 1. The average molecular weight is 378 g/mol. The van der Waals surface area contributed by atoms with Crippen molar-refractivity contribution < 1.29 is 23.1 Å². The quantitative estimate of drug-likeness (QED) is 0.885. The molecule has 0 radical (unpaired) electrons. The van der Waals surface area contributed by atoms with Crippen LogP contribution in [0.4, 0.5) is 19.0 Å². The van der Waals surface area contributed by atoms with Crippen LogP contribution in [0.25, 0.3) is 11.4 Å². The number of aryl methyl sites for hydroxylation is 1. The fourth-order valence-electron chi connectivity index (χ4n) is 3.86. The van der Waals surface area contributed by atoms with Gasteiger partial charge < -0.3 is 10.0 Å². The topological polar surface area (TPSA) is 79.2 Å². The van der Waals surface area contributed by atoms with Crippen LogP contribution < -0.4 is 4.90 Å². The summed E-state index contributed by atoms with van der Waals surface area (Å²) in [6, 6.07) is 3.53. The molecule has 9 heteroatoms. The zero-order valence-corrected chi connectivity index (χ0v) is 14.3. The molecule has 1 fully saturated rings. The van der Waals surface area contributed by atoms with E-state index in [0.29, 0.717) is 23.6 Å². The van der Waals surface area contributed by atoms with Crippen LogP contribution >= 0.6 is 0 Å². The number of rotatable bonds is 3. The molecule has 4 rings (SSSR count). The predicted molar refractivity (Wildman–Crippen MR) is 90.2 cm³/mol. The monoisotopic (exact) mass is 378 g/mol. The van der Waals surface area contributed by atoms with Crippen molar-refractivity contribution in [3.8, 4) is 11.4 Å². The van der Waals surface area contributed by atoms with Gasteiger partial charge in [-0.05, 0) is 31.4 Å². The number of carbonyl (C=O) groups is 1. The van der Waals surface area contributed by atoms with Gasteiger partial charge in [-0.3, -0.25) is 9.78 Å². The summed E-state index contributed by atoms with van der Waals surface area (Å²) in [5.41, 5.74) is 2.32. The maximum Gasteiger partial charge on any atom is 0.394 e. The molecule has 27 heavy (non-hydrogen) atoms. The first-order valence-corrected chi connectivity index (χ1v) is 8.69. The Kier molecular flexibility index (Phi) is 4.24. The summed E-state index contributed by atoms with van der Waals surface area (Å²) in [6.07, 6.45) is 0.916. The highest BCUT2D eigenvalue weighted by Gasteiger charge is 2.53. The van der Waals surface area contributed by atoms with Crippen molar-refractivity contribution in [2.75, 3.05) is 18.0 Å². The van der Waals surface area contributed by atoms with Gasteiger partial charge in [0.2, 0.25) is 0 Å². The van der Waals surface area contributed by atoms with Crippen LogP contribution in [0.1, 0.15) is 17.7 Å². The molecule has 0 unspecified atom stereocenters. The molecule has 0 aromatic carbocycles. The number of nitrogens with zero attached hydrogens (tertiary/aromatic N) is 4. The van der Waals surface area contributed by atoms with Crippen LogP contribution in [0.3, 0.4) is 0 Å². The maximum atomic E-state index is 13.3. The van der Waals surface area contributed by atoms with Gasteiger partial charge in [0.05, 0.1) is 11.8 Å². The van der Waals surface area contributed by atoms with Gasteiger partial charge in [0.25, 0.3) is 0 Å². The lowest BCUT2D eigenvalue weighted by Gasteiger charge is -2.22. The standard InChI is InChI=1S/C18H17F3N4O2/c19-18(20,21)13-9-25(8-12(13)17(26)27)16-11-4-1-5-14(11)23-15(24-16)10-3-2-6-22-7-10/h2-3,6-7,12-13H,1,4-5,8-9H2,(H,26,27)/t12-,13-/m1/s1. The minimum Gasteiger partial charge on any atom is -0.481 e. The van der Waals surface area contributed by atoms with Crippen LogP contribution in [-0.4, -0.2) is 45.3 Å². The third kappa shape index (κ3) is 3.22. The fourth-order valence-corrected chi connectivity index (χ4v) is 3.86. The van der Waals surface area contributed by atoms with E-state index in [1.54, 1.807) is 24.5 Å². The number of carboxylic acids is 1. The van der Waals surface area contributed by atoms with Gasteiger partial charge >= 0.3 is 12.1 Å². The van der Waals surface area contributed by atoms with Crippen molar-refractivity contribution in [2.45, 2.75) is 25.4 Å². The second-order valence-corrected chi connectivity index (χ2v) is 6.89. The molecule has 6 nitrogen and oxygen atoms in total. The molecule has 1 saturated heterocycles. The van der Waals surface area contributed by atoms with Crippen molar-refractivity contribution in [2.24, 2.45) is 11.8 Å². The van der Waals surface area contributed by atoms with Crippen molar-refractivity contribution in [1.29, 1.82) is 0 Å². The third-order valence-corrected chi connectivity index (χ3v) is 5.19. The fraction of sp³-hybridized carbons (Fsp3) is 0.444. The summed E-state index contributed by atoms with van der Waals surface area (Å²) in [5, 5.41) is 9.27. The van der Waals surface area contributed by atoms with E-state index in [9.17, 15) is 23.1 Å². The van der Waals surface area contributed by atoms with E-state index in [-0.39, 0.29) is 6.54 Å². The minimum atomic E-state index is -4.57. The molecule has 2 atom stereocenters. The Bertz CT molecular complexity index is 873. The summed E-state index contributed by atoms with van der Waals surface area (Å²) in [4.78, 5) is 26.0. The van der Waals surface area contributed by atoms with Gasteiger partial charge in [0, 0.05) is 42.3 Å². The Hall–Kier alpha value is -2.71. The number of carboxylic acid groups (broad SMARTS) is 1. The van der Waals surface area contributed by atoms with Gasteiger partial charge in [-0.25, -0.2) is 9.97 Å². The number of alkyl halides is 3. The lowest BCUT2D eigenvalue weighted by molar-refractivity contribution is -0.187. The van der Waals surface area contributed by atoms with Crippen LogP contribution in [0.5, 0.6) is 0 Å². The molecule has 0 amide bonds. The maximum absolute atomic E-state index is 13.3. The lowest BCUT2D eigenvalue weighted by atomic mass is 9.96. The van der Waals surface area contributed by atoms with E-state index in [2.05, 4.69) is 15.0 Å². The van der Waals surface area contributed by atoms with Gasteiger partial charge in [-0.15, -0.1) is 0 Å². The molecule has 0 saturated carbocycles. The second kappa shape index (κ2) is 6.47. The van der Waals surface area contributed by atoms with Crippen LogP contribution in [0.15, 0.2) is 24.5 Å². The Morgan fingerprint density at radius 2 is 2.04 bits per heavy atom. The van der Waals surface area contributed by atoms with E-state index < -0.39 is 30.5 Å². The number of anilines is 1. The highest BCUT2D eigenvalue weighted by atomic mass is 19.4. The van der Waals surface area contributed by atoms with Crippen LogP contribution in [0, 0.1) is 11.8 Å². The molecule has 1 N–H and O–H groups in total. The first-order chi connectivity index (χ1) is 12.8. The number of aromatic nitrogens is 3. The molecular formula is C18H17F3N4O2. The van der Waals surface area contributed by atoms with Gasteiger partial charge in [0.15, 0.2) is 5.82 Å². The molecule has 0 bridgehead atoms. The van der Waals surface area contributed by atoms with E-state index in [1.165, 1.54) is 4.90 Å². The Labute approximate surface area is 153 Å². The second-order valence-electron chi connectivity index (χ2n) is 6.89. The van der Waals surface area contributed by atoms with Crippen molar-refractivity contribution >= 4 is 11.8 Å². The molecule has 1 aliphatic carbocycles. The number of fused-ring (bicyclic) bond motifs is 1. The largest absolute Gasteiger partial charge is 0.481 e. The van der Waals surface area contributed by atoms with Gasteiger partial charge in [0.1, 0.15) is 5.82 Å². The molecular weight excluding hydrogens is 361 g/mol. The van der Waals surface area contributed by atoms with Crippen LogP contribution in [0.2, 0.25) is 0 Å². The van der Waals surface area contributed by atoms with Gasteiger partial charge in [-0.1, -0.05) is 0 Å². The van der Waals surface area contributed by atoms with Crippen molar-refractivity contribution in [3.63, 3.8) is 0 Å². The molecule has 3 heterocycles. The molecule has 0 spiro atoms. The molecule has 2 aromatic heterocycles. The molecule has 1 aliphatic heterocycles. The summed E-state index contributed by atoms with van der Waals surface area (Å²) < 4.78 is 40.0. The predicted octanol–water partition coefficient (Wildman–Crippen LogP) is 2.73. The lowest BCUT2D eigenvalue weighted by Crippen LogP contribution is -2.33. The Balaban J connectivity index is 1.76. The average Bonchev–Trinajstić information content (AvgIpc) is 3.28. The van der Waals surface area contributed by atoms with E-state index in [4.69, 9.17) is 0 Å². The first kappa shape index (κ1) is 17.7. The normalized spacial score (nSPS) is 22.1. The van der Waals surface area contributed by atoms with Crippen LogP contribution in [-0.2, 0) is 17.6 Å². The number of pyridine rings is 1. The van der Waals surface area contributed by atoms with Crippen molar-refractivity contribution in [3.05, 3.63) is 35.8 Å². The molecule has 2 aliphatic rings. The van der Waals surface area contributed by atoms with E-state index in [0.717, 1.165) is 24.1 Å².